The zero-order valence-electron chi connectivity index (χ0n) is 7.45. The molecule has 1 saturated carbocycles. The van der Waals surface area contributed by atoms with Crippen molar-refractivity contribution in [3.8, 4) is 0 Å². The molecule has 12 heavy (non-hydrogen) atoms. The molecule has 0 bridgehead atoms. The average Bonchev–Trinajstić information content (AvgIpc) is 2.35. The topological polar surface area (TPSA) is 29.1 Å². The molecule has 1 atom stereocenters. The Balaban J connectivity index is 2.42. The van der Waals surface area contributed by atoms with E-state index in [1.165, 1.54) is 0 Å². The van der Waals surface area contributed by atoms with E-state index < -0.39 is 23.3 Å². The number of carbonyl (C=O) groups is 1. The van der Waals surface area contributed by atoms with Gasteiger partial charge >= 0.3 is 0 Å². The molecule has 1 amide bonds. The van der Waals surface area contributed by atoms with Crippen LogP contribution in [0.1, 0.15) is 27.2 Å². The monoisotopic (exact) mass is 177 g/mol. The number of halogens is 2. The van der Waals surface area contributed by atoms with Crippen molar-refractivity contribution in [3.05, 3.63) is 0 Å². The van der Waals surface area contributed by atoms with E-state index in [-0.39, 0.29) is 6.42 Å². The average molecular weight is 177 g/mol. The van der Waals surface area contributed by atoms with Gasteiger partial charge in [-0.15, -0.1) is 0 Å². The summed E-state index contributed by atoms with van der Waals surface area (Å²) < 4.78 is 24.7. The molecule has 0 radical (unpaired) electrons. The van der Waals surface area contributed by atoms with Gasteiger partial charge in [0.15, 0.2) is 0 Å². The van der Waals surface area contributed by atoms with E-state index in [2.05, 4.69) is 5.32 Å². The molecule has 0 aromatic heterocycles. The number of nitrogens with one attached hydrogen (secondary N) is 1. The van der Waals surface area contributed by atoms with Crippen LogP contribution in [0, 0.1) is 5.92 Å². The lowest BCUT2D eigenvalue weighted by Crippen LogP contribution is -2.42. The van der Waals surface area contributed by atoms with E-state index in [0.29, 0.717) is 0 Å². The van der Waals surface area contributed by atoms with Crippen molar-refractivity contribution in [1.82, 2.24) is 5.32 Å². The summed E-state index contributed by atoms with van der Waals surface area (Å²) in [5.41, 5.74) is -0.421. The Morgan fingerprint density at radius 1 is 1.50 bits per heavy atom. The van der Waals surface area contributed by atoms with Crippen molar-refractivity contribution in [2.75, 3.05) is 0 Å². The molecule has 2 nitrogen and oxygen atoms in total. The second-order valence-electron chi connectivity index (χ2n) is 4.26. The molecule has 4 heteroatoms. The van der Waals surface area contributed by atoms with Crippen molar-refractivity contribution < 1.29 is 13.6 Å². The minimum atomic E-state index is -2.75. The third kappa shape index (κ3) is 2.16. The predicted octanol–water partition coefficient (Wildman–Crippen LogP) is 1.56. The van der Waals surface area contributed by atoms with Gasteiger partial charge in [0.25, 0.3) is 5.92 Å². The Kier molecular flexibility index (Phi) is 1.89. The minimum absolute atomic E-state index is 0.297. The summed E-state index contributed by atoms with van der Waals surface area (Å²) >= 11 is 0. The summed E-state index contributed by atoms with van der Waals surface area (Å²) in [7, 11) is 0. The normalized spacial score (nSPS) is 26.6. The number of rotatable bonds is 1. The van der Waals surface area contributed by atoms with Crippen LogP contribution in [0.5, 0.6) is 0 Å². The summed E-state index contributed by atoms with van der Waals surface area (Å²) in [6, 6.07) is 0. The highest BCUT2D eigenvalue weighted by Crippen LogP contribution is 2.48. The maximum absolute atomic E-state index is 12.4. The SMILES string of the molecule is CC(C)(C)NC(=O)C1CC1(F)F. The molecular formula is C8H13F2NO. The fourth-order valence-electron chi connectivity index (χ4n) is 0.954. The zero-order chi connectivity index (χ0) is 9.57. The molecular weight excluding hydrogens is 164 g/mol. The van der Waals surface area contributed by atoms with E-state index in [4.69, 9.17) is 0 Å². The van der Waals surface area contributed by atoms with Crippen LogP contribution in [-0.4, -0.2) is 17.4 Å². The fraction of sp³-hybridized carbons (Fsp3) is 0.875. The molecule has 1 unspecified atom stereocenters. The number of alkyl halides is 2. The molecule has 0 aliphatic heterocycles. The Labute approximate surface area is 70.3 Å². The van der Waals surface area contributed by atoms with Crippen molar-refractivity contribution in [1.29, 1.82) is 0 Å². The number of hydrogen-bond donors (Lipinski definition) is 1. The van der Waals surface area contributed by atoms with Crippen LogP contribution < -0.4 is 5.32 Å². The van der Waals surface area contributed by atoms with Crippen molar-refractivity contribution in [2.24, 2.45) is 5.92 Å². The van der Waals surface area contributed by atoms with E-state index in [1.54, 1.807) is 20.8 Å². The molecule has 0 aromatic rings. The van der Waals surface area contributed by atoms with Gasteiger partial charge in [0.05, 0.1) is 0 Å². The predicted molar refractivity (Wildman–Crippen MR) is 40.9 cm³/mol. The third-order valence-electron chi connectivity index (χ3n) is 1.64. The first kappa shape index (κ1) is 9.42. The number of amides is 1. The van der Waals surface area contributed by atoms with Gasteiger partial charge in [-0.25, -0.2) is 8.78 Å². The van der Waals surface area contributed by atoms with Crippen LogP contribution in [0.2, 0.25) is 0 Å². The maximum Gasteiger partial charge on any atom is 0.260 e. The molecule has 0 spiro atoms. The highest BCUT2D eigenvalue weighted by molar-refractivity contribution is 5.83. The molecule has 1 N–H and O–H groups in total. The molecule has 1 rings (SSSR count). The Morgan fingerprint density at radius 2 is 1.92 bits per heavy atom. The number of hydrogen-bond acceptors (Lipinski definition) is 1. The maximum atomic E-state index is 12.4. The van der Waals surface area contributed by atoms with Crippen molar-refractivity contribution in [2.45, 2.75) is 38.7 Å². The lowest BCUT2D eigenvalue weighted by molar-refractivity contribution is -0.125. The van der Waals surface area contributed by atoms with Crippen molar-refractivity contribution >= 4 is 5.91 Å². The summed E-state index contributed by atoms with van der Waals surface area (Å²) in [6.45, 7) is 5.31. The second kappa shape index (κ2) is 2.41. The lowest BCUT2D eigenvalue weighted by atomic mass is 10.1. The van der Waals surface area contributed by atoms with E-state index >= 15 is 0 Å². The van der Waals surface area contributed by atoms with Gasteiger partial charge in [0, 0.05) is 12.0 Å². The molecule has 1 aliphatic rings. The standard InChI is InChI=1S/C8H13F2NO/c1-7(2,3)11-6(12)5-4-8(5,9)10/h5H,4H2,1-3H3,(H,11,12). The van der Waals surface area contributed by atoms with Crippen LogP contribution in [0.15, 0.2) is 0 Å². The van der Waals surface area contributed by atoms with Gasteiger partial charge in [-0.2, -0.15) is 0 Å². The Hall–Kier alpha value is -0.670. The van der Waals surface area contributed by atoms with Crippen LogP contribution in [0.3, 0.4) is 0 Å². The van der Waals surface area contributed by atoms with Gasteiger partial charge in [-0.1, -0.05) is 0 Å². The summed E-state index contributed by atoms with van der Waals surface area (Å²) in [6.07, 6.45) is -0.297. The largest absolute Gasteiger partial charge is 0.351 e. The van der Waals surface area contributed by atoms with Crippen LogP contribution in [0.25, 0.3) is 0 Å². The van der Waals surface area contributed by atoms with E-state index in [0.717, 1.165) is 0 Å². The van der Waals surface area contributed by atoms with Gasteiger partial charge in [0.2, 0.25) is 5.91 Å². The zero-order valence-corrected chi connectivity index (χ0v) is 7.45. The first-order valence-corrected chi connectivity index (χ1v) is 3.92. The molecule has 0 aromatic carbocycles. The van der Waals surface area contributed by atoms with Crippen molar-refractivity contribution in [3.63, 3.8) is 0 Å². The summed E-state index contributed by atoms with van der Waals surface area (Å²) in [4.78, 5) is 11.0. The van der Waals surface area contributed by atoms with Gasteiger partial charge in [-0.05, 0) is 20.8 Å². The molecule has 0 heterocycles. The van der Waals surface area contributed by atoms with Gasteiger partial charge in [0.1, 0.15) is 5.92 Å². The molecule has 0 saturated heterocycles. The van der Waals surface area contributed by atoms with Crippen LogP contribution in [0.4, 0.5) is 8.78 Å². The van der Waals surface area contributed by atoms with Gasteiger partial charge in [-0.3, -0.25) is 4.79 Å². The molecule has 1 fully saturated rings. The van der Waals surface area contributed by atoms with Crippen LogP contribution in [-0.2, 0) is 4.79 Å². The lowest BCUT2D eigenvalue weighted by Gasteiger charge is -2.20. The highest BCUT2D eigenvalue weighted by Gasteiger charge is 2.61. The Morgan fingerprint density at radius 3 is 2.17 bits per heavy atom. The van der Waals surface area contributed by atoms with E-state index in [9.17, 15) is 13.6 Å². The van der Waals surface area contributed by atoms with Gasteiger partial charge < -0.3 is 5.32 Å². The number of carbonyl (C=O) groups excluding carboxylic acids is 1. The second-order valence-corrected chi connectivity index (χ2v) is 4.26. The molecule has 70 valence electrons. The summed E-state index contributed by atoms with van der Waals surface area (Å²) in [5, 5.41) is 2.52. The smallest absolute Gasteiger partial charge is 0.260 e. The third-order valence-corrected chi connectivity index (χ3v) is 1.64. The van der Waals surface area contributed by atoms with Crippen LogP contribution >= 0.6 is 0 Å². The fourth-order valence-corrected chi connectivity index (χ4v) is 0.954. The molecule has 1 aliphatic carbocycles. The van der Waals surface area contributed by atoms with E-state index in [1.807, 2.05) is 0 Å². The quantitative estimate of drug-likeness (QED) is 0.647. The first-order valence-electron chi connectivity index (χ1n) is 3.92. The highest BCUT2D eigenvalue weighted by atomic mass is 19.3. The minimum Gasteiger partial charge on any atom is -0.351 e. The first-order chi connectivity index (χ1) is 5.22. The summed E-state index contributed by atoms with van der Waals surface area (Å²) in [5.74, 6) is -4.38. The Bertz CT molecular complexity index is 208.